The summed E-state index contributed by atoms with van der Waals surface area (Å²) >= 11 is 0. The maximum atomic E-state index is 11.1. The number of ether oxygens (including phenoxy) is 3. The van der Waals surface area contributed by atoms with Gasteiger partial charge >= 0.3 is 0 Å². The lowest BCUT2D eigenvalue weighted by molar-refractivity contribution is -0.384. The van der Waals surface area contributed by atoms with E-state index in [0.717, 1.165) is 0 Å². The quantitative estimate of drug-likeness (QED) is 0.322. The van der Waals surface area contributed by atoms with Gasteiger partial charge in [-0.2, -0.15) is 5.26 Å². The summed E-state index contributed by atoms with van der Waals surface area (Å²) in [6.07, 6.45) is 1.55. The van der Waals surface area contributed by atoms with E-state index in [1.165, 1.54) is 32.4 Å². The van der Waals surface area contributed by atoms with Crippen LogP contribution in [0.4, 0.5) is 5.69 Å². The second kappa shape index (κ2) is 8.53. The first kappa shape index (κ1) is 18.8. The zero-order valence-corrected chi connectivity index (χ0v) is 14.7. The van der Waals surface area contributed by atoms with Crippen LogP contribution in [0.15, 0.2) is 36.4 Å². The number of nitriles is 1. The van der Waals surface area contributed by atoms with E-state index in [0.29, 0.717) is 40.6 Å². The van der Waals surface area contributed by atoms with Crippen molar-refractivity contribution in [3.8, 4) is 23.3 Å². The maximum absolute atomic E-state index is 11.1. The van der Waals surface area contributed by atoms with Gasteiger partial charge in [0.2, 0.25) is 0 Å². The molecule has 0 fully saturated rings. The first-order valence-electron chi connectivity index (χ1n) is 7.79. The highest BCUT2D eigenvalue weighted by Crippen LogP contribution is 2.33. The van der Waals surface area contributed by atoms with Gasteiger partial charge < -0.3 is 14.2 Å². The van der Waals surface area contributed by atoms with E-state index in [4.69, 9.17) is 14.2 Å². The number of allylic oxidation sites excluding steroid dienone is 1. The zero-order chi connectivity index (χ0) is 19.1. The van der Waals surface area contributed by atoms with Gasteiger partial charge in [0.05, 0.1) is 37.4 Å². The molecule has 0 saturated heterocycles. The molecule has 0 unspecified atom stereocenters. The van der Waals surface area contributed by atoms with Crippen molar-refractivity contribution in [1.29, 1.82) is 5.26 Å². The monoisotopic (exact) mass is 354 g/mol. The van der Waals surface area contributed by atoms with Crippen LogP contribution in [0, 0.1) is 21.4 Å². The summed E-state index contributed by atoms with van der Waals surface area (Å²) in [6, 6.07) is 11.5. The van der Waals surface area contributed by atoms with Crippen LogP contribution in [0.1, 0.15) is 18.1 Å². The number of hydrogen-bond acceptors (Lipinski definition) is 6. The normalized spacial score (nSPS) is 10.8. The van der Waals surface area contributed by atoms with Crippen molar-refractivity contribution in [1.82, 2.24) is 0 Å². The number of hydrogen-bond donors (Lipinski definition) is 0. The van der Waals surface area contributed by atoms with Gasteiger partial charge in [0, 0.05) is 17.7 Å². The molecule has 0 aromatic heterocycles. The van der Waals surface area contributed by atoms with Gasteiger partial charge in [-0.05, 0) is 42.8 Å². The molecule has 2 aromatic carbocycles. The smallest absolute Gasteiger partial charge is 0.270 e. The number of non-ortho nitro benzene ring substituents is 1. The lowest BCUT2D eigenvalue weighted by atomic mass is 10.0. The summed E-state index contributed by atoms with van der Waals surface area (Å²) < 4.78 is 16.0. The number of nitro benzene ring substituents is 1. The Balaban J connectivity index is 2.56. The van der Waals surface area contributed by atoms with E-state index >= 15 is 0 Å². The molecule has 0 atom stereocenters. The number of methoxy groups -OCH3 is 2. The second-order valence-corrected chi connectivity index (χ2v) is 5.15. The highest BCUT2D eigenvalue weighted by molar-refractivity contribution is 5.91. The molecule has 7 heteroatoms. The maximum Gasteiger partial charge on any atom is 0.270 e. The minimum atomic E-state index is -0.491. The first-order chi connectivity index (χ1) is 12.5. The molecule has 0 aliphatic carbocycles. The summed E-state index contributed by atoms with van der Waals surface area (Å²) in [6.45, 7) is 2.21. The number of nitrogens with zero attached hydrogens (tertiary/aromatic N) is 2. The Morgan fingerprint density at radius 3 is 2.42 bits per heavy atom. The minimum absolute atomic E-state index is 0.0793. The lowest BCUT2D eigenvalue weighted by Crippen LogP contribution is -1.96. The highest BCUT2D eigenvalue weighted by Gasteiger charge is 2.13. The fourth-order valence-electron chi connectivity index (χ4n) is 2.39. The van der Waals surface area contributed by atoms with E-state index in [1.807, 2.05) is 6.92 Å². The molecule has 0 amide bonds. The standard InChI is InChI=1S/C19H18N2O5/c1-4-26-17-8-6-16(21(22)23)10-14(17)9-15(12-20)13-5-7-18(24-2)19(11-13)25-3/h5-11H,4H2,1-3H3/b15-9+. The predicted octanol–water partition coefficient (Wildman–Crippen LogP) is 4.07. The van der Waals surface area contributed by atoms with E-state index in [1.54, 1.807) is 24.3 Å². The van der Waals surface area contributed by atoms with Crippen molar-refractivity contribution in [3.63, 3.8) is 0 Å². The van der Waals surface area contributed by atoms with Gasteiger partial charge in [0.1, 0.15) is 5.75 Å². The molecule has 0 aliphatic heterocycles. The fourth-order valence-corrected chi connectivity index (χ4v) is 2.39. The van der Waals surface area contributed by atoms with Gasteiger partial charge in [0.25, 0.3) is 5.69 Å². The van der Waals surface area contributed by atoms with Crippen molar-refractivity contribution in [2.75, 3.05) is 20.8 Å². The topological polar surface area (TPSA) is 94.6 Å². The molecule has 7 nitrogen and oxygen atoms in total. The molecule has 0 spiro atoms. The van der Waals surface area contributed by atoms with Gasteiger partial charge in [-0.1, -0.05) is 0 Å². The van der Waals surface area contributed by atoms with E-state index in [9.17, 15) is 15.4 Å². The van der Waals surface area contributed by atoms with Gasteiger partial charge in [-0.15, -0.1) is 0 Å². The largest absolute Gasteiger partial charge is 0.493 e. The van der Waals surface area contributed by atoms with Crippen LogP contribution in [0.2, 0.25) is 0 Å². The van der Waals surface area contributed by atoms with E-state index < -0.39 is 4.92 Å². The average Bonchev–Trinajstić information content (AvgIpc) is 2.66. The van der Waals surface area contributed by atoms with Crippen molar-refractivity contribution in [3.05, 3.63) is 57.6 Å². The summed E-state index contributed by atoms with van der Waals surface area (Å²) in [5, 5.41) is 20.6. The fraction of sp³-hybridized carbons (Fsp3) is 0.211. The third-order valence-corrected chi connectivity index (χ3v) is 3.62. The number of benzene rings is 2. The van der Waals surface area contributed by atoms with Crippen molar-refractivity contribution in [2.24, 2.45) is 0 Å². The molecule has 0 saturated carbocycles. The van der Waals surface area contributed by atoms with E-state index in [-0.39, 0.29) is 5.69 Å². The van der Waals surface area contributed by atoms with Crippen LogP contribution in [0.3, 0.4) is 0 Å². The van der Waals surface area contributed by atoms with Crippen molar-refractivity contribution in [2.45, 2.75) is 6.92 Å². The van der Waals surface area contributed by atoms with Crippen LogP contribution in [-0.2, 0) is 0 Å². The Labute approximate surface area is 151 Å². The summed E-state index contributed by atoms with van der Waals surface area (Å²) in [4.78, 5) is 10.6. The molecule has 134 valence electrons. The van der Waals surface area contributed by atoms with Crippen LogP contribution in [0.25, 0.3) is 11.6 Å². The third kappa shape index (κ3) is 4.11. The molecule has 2 rings (SSSR count). The Morgan fingerprint density at radius 2 is 1.85 bits per heavy atom. The second-order valence-electron chi connectivity index (χ2n) is 5.15. The Morgan fingerprint density at radius 1 is 1.15 bits per heavy atom. The first-order valence-corrected chi connectivity index (χ1v) is 7.79. The summed E-state index contributed by atoms with van der Waals surface area (Å²) in [7, 11) is 3.03. The van der Waals surface area contributed by atoms with Crippen molar-refractivity contribution < 1.29 is 19.1 Å². The lowest BCUT2D eigenvalue weighted by Gasteiger charge is -2.10. The molecule has 0 heterocycles. The summed E-state index contributed by atoms with van der Waals surface area (Å²) in [5.74, 6) is 1.49. The molecule has 0 radical (unpaired) electrons. The highest BCUT2D eigenvalue weighted by atomic mass is 16.6. The predicted molar refractivity (Wildman–Crippen MR) is 97.3 cm³/mol. The summed E-state index contributed by atoms with van der Waals surface area (Å²) in [5.41, 5.74) is 1.28. The number of rotatable bonds is 7. The molecular formula is C19H18N2O5. The van der Waals surface area contributed by atoms with Gasteiger partial charge in [-0.3, -0.25) is 10.1 Å². The van der Waals surface area contributed by atoms with E-state index in [2.05, 4.69) is 6.07 Å². The van der Waals surface area contributed by atoms with Gasteiger partial charge in [-0.25, -0.2) is 0 Å². The Bertz CT molecular complexity index is 884. The Hall–Kier alpha value is -3.53. The molecule has 26 heavy (non-hydrogen) atoms. The molecular weight excluding hydrogens is 336 g/mol. The zero-order valence-electron chi connectivity index (χ0n) is 14.7. The molecule has 0 bridgehead atoms. The Kier molecular flexibility index (Phi) is 6.17. The molecule has 0 aliphatic rings. The van der Waals surface area contributed by atoms with Crippen LogP contribution in [0.5, 0.6) is 17.2 Å². The van der Waals surface area contributed by atoms with Crippen molar-refractivity contribution >= 4 is 17.3 Å². The average molecular weight is 354 g/mol. The van der Waals surface area contributed by atoms with Crippen LogP contribution >= 0.6 is 0 Å². The number of nitro groups is 1. The van der Waals surface area contributed by atoms with Crippen LogP contribution < -0.4 is 14.2 Å². The van der Waals surface area contributed by atoms with Gasteiger partial charge in [0.15, 0.2) is 11.5 Å². The van der Waals surface area contributed by atoms with Crippen LogP contribution in [-0.4, -0.2) is 25.7 Å². The molecule has 0 N–H and O–H groups in total. The third-order valence-electron chi connectivity index (χ3n) is 3.62. The SMILES string of the molecule is CCOc1ccc([N+](=O)[O-])cc1/C=C(\C#N)c1ccc(OC)c(OC)c1. The molecule has 2 aromatic rings. The minimum Gasteiger partial charge on any atom is -0.493 e.